The maximum Gasteiger partial charge on any atom is 0.319 e. The first-order valence-electron chi connectivity index (χ1n) is 11.3. The van der Waals surface area contributed by atoms with E-state index in [2.05, 4.69) is 15.6 Å². The second-order valence-electron chi connectivity index (χ2n) is 8.28. The van der Waals surface area contributed by atoms with Crippen molar-refractivity contribution < 1.29 is 18.3 Å². The van der Waals surface area contributed by atoms with Crippen LogP contribution in [0.5, 0.6) is 5.75 Å². The summed E-state index contributed by atoms with van der Waals surface area (Å²) in [6.45, 7) is 0.445. The number of pyridine rings is 1. The maximum absolute atomic E-state index is 12.8. The molecule has 2 amide bonds. The lowest BCUT2D eigenvalue weighted by Crippen LogP contribution is -2.37. The normalized spacial score (nSPS) is 15.7. The molecule has 1 unspecified atom stereocenters. The number of carbonyl (C=O) groups excluding carboxylic acids is 1. The first kappa shape index (κ1) is 24.2. The number of aromatic hydroxyl groups is 1. The highest BCUT2D eigenvalue weighted by Gasteiger charge is 2.26. The van der Waals surface area contributed by atoms with Crippen LogP contribution in [-0.4, -0.2) is 42.5 Å². The number of sulfonamides is 1. The summed E-state index contributed by atoms with van der Waals surface area (Å²) >= 11 is 0. The first-order valence-corrected chi connectivity index (χ1v) is 12.9. The molecule has 1 aliphatic rings. The number of aromatic nitrogens is 1. The molecular formula is C25H27N5O4S. The van der Waals surface area contributed by atoms with Crippen LogP contribution in [-0.2, 0) is 10.0 Å². The summed E-state index contributed by atoms with van der Waals surface area (Å²) in [5.74, 6) is 0.154. The highest BCUT2D eigenvalue weighted by Crippen LogP contribution is 2.28. The molecule has 1 saturated heterocycles. The molecule has 0 saturated carbocycles. The van der Waals surface area contributed by atoms with Crippen molar-refractivity contribution in [2.45, 2.75) is 25.3 Å². The van der Waals surface area contributed by atoms with E-state index in [4.69, 9.17) is 5.41 Å². The summed E-state index contributed by atoms with van der Waals surface area (Å²) in [6, 6.07) is 15.6. The van der Waals surface area contributed by atoms with Crippen molar-refractivity contribution in [3.63, 3.8) is 0 Å². The van der Waals surface area contributed by atoms with Gasteiger partial charge in [0.05, 0.1) is 17.5 Å². The molecule has 3 aromatic rings. The Balaban J connectivity index is 1.47. The molecule has 4 rings (SSSR count). The van der Waals surface area contributed by atoms with Crippen molar-refractivity contribution >= 4 is 33.1 Å². The number of benzene rings is 2. The van der Waals surface area contributed by atoms with Crippen LogP contribution in [0.1, 0.15) is 36.4 Å². The Labute approximate surface area is 204 Å². The van der Waals surface area contributed by atoms with Crippen molar-refractivity contribution in [3.05, 3.63) is 84.2 Å². The molecule has 2 aromatic carbocycles. The van der Waals surface area contributed by atoms with Crippen LogP contribution in [0.25, 0.3) is 0 Å². The minimum Gasteiger partial charge on any atom is -0.508 e. The number of nitrogens with zero attached hydrogens (tertiary/aromatic N) is 2. The Bertz CT molecular complexity index is 1300. The second kappa shape index (κ2) is 10.6. The lowest BCUT2D eigenvalue weighted by molar-refractivity contribution is 0.248. The van der Waals surface area contributed by atoms with Crippen molar-refractivity contribution in [2.75, 3.05) is 21.9 Å². The number of phenols is 1. The van der Waals surface area contributed by atoms with Crippen molar-refractivity contribution in [2.24, 2.45) is 0 Å². The molecule has 1 atom stereocenters. The van der Waals surface area contributed by atoms with E-state index < -0.39 is 22.1 Å². The number of rotatable bonds is 7. The van der Waals surface area contributed by atoms with E-state index in [1.165, 1.54) is 10.4 Å². The number of urea groups is 1. The Kier molecular flexibility index (Phi) is 7.31. The molecule has 35 heavy (non-hydrogen) atoms. The maximum atomic E-state index is 12.8. The zero-order valence-electron chi connectivity index (χ0n) is 19.0. The fourth-order valence-electron chi connectivity index (χ4n) is 4.00. The average molecular weight is 494 g/mol. The average Bonchev–Trinajstić information content (AvgIpc) is 2.85. The van der Waals surface area contributed by atoms with Gasteiger partial charge in [-0.3, -0.25) is 9.29 Å². The summed E-state index contributed by atoms with van der Waals surface area (Å²) in [7, 11) is -3.31. The van der Waals surface area contributed by atoms with Crippen LogP contribution in [0.3, 0.4) is 0 Å². The summed E-state index contributed by atoms with van der Waals surface area (Å²) < 4.78 is 26.0. The van der Waals surface area contributed by atoms with Crippen LogP contribution in [0, 0.1) is 5.41 Å². The second-order valence-corrected chi connectivity index (χ2v) is 10.3. The van der Waals surface area contributed by atoms with Crippen molar-refractivity contribution in [1.82, 2.24) is 10.3 Å². The standard InChI is InChI=1S/C25H27N5O4S/c26-22(18-6-5-13-27-17-18)16-23(21-7-1-2-8-24(21)31)29-25(32)28-19-9-11-20(12-10-19)30-14-3-4-15-35(30,33)34/h1-2,5-13,17,23,26,31H,3-4,14-16H2,(H2,28,29,32). The minimum absolute atomic E-state index is 0.0175. The van der Waals surface area contributed by atoms with Gasteiger partial charge >= 0.3 is 6.03 Å². The monoisotopic (exact) mass is 493 g/mol. The smallest absolute Gasteiger partial charge is 0.319 e. The largest absolute Gasteiger partial charge is 0.508 e. The summed E-state index contributed by atoms with van der Waals surface area (Å²) in [5.41, 5.74) is 2.42. The van der Waals surface area contributed by atoms with Gasteiger partial charge in [-0.2, -0.15) is 0 Å². The molecule has 1 fully saturated rings. The van der Waals surface area contributed by atoms with Gasteiger partial charge in [0.2, 0.25) is 10.0 Å². The van der Waals surface area contributed by atoms with Gasteiger partial charge < -0.3 is 21.1 Å². The molecule has 0 bridgehead atoms. The van der Waals surface area contributed by atoms with E-state index in [0.29, 0.717) is 35.5 Å². The number of hydrogen-bond donors (Lipinski definition) is 4. The summed E-state index contributed by atoms with van der Waals surface area (Å²) in [6.07, 6.45) is 4.81. The number of carbonyl (C=O) groups is 1. The zero-order chi connectivity index (χ0) is 24.8. The third-order valence-electron chi connectivity index (χ3n) is 5.80. The topological polar surface area (TPSA) is 135 Å². The number of phenolic OH excluding ortho intramolecular Hbond substituents is 1. The molecule has 10 heteroatoms. The third kappa shape index (κ3) is 5.96. The first-order chi connectivity index (χ1) is 16.8. The van der Waals surface area contributed by atoms with Gasteiger partial charge in [0.1, 0.15) is 5.75 Å². The quantitative estimate of drug-likeness (QED) is 0.368. The predicted octanol–water partition coefficient (Wildman–Crippen LogP) is 4.04. The van der Waals surface area contributed by atoms with Gasteiger partial charge in [0, 0.05) is 47.9 Å². The number of hydrogen-bond acceptors (Lipinski definition) is 6. The van der Waals surface area contributed by atoms with Crippen molar-refractivity contribution in [3.8, 4) is 5.75 Å². The highest BCUT2D eigenvalue weighted by molar-refractivity contribution is 7.92. The van der Waals surface area contributed by atoms with E-state index in [9.17, 15) is 18.3 Å². The van der Waals surface area contributed by atoms with Gasteiger partial charge in [-0.1, -0.05) is 24.3 Å². The molecule has 0 aliphatic carbocycles. The predicted molar refractivity (Wildman–Crippen MR) is 135 cm³/mol. The Hall–Kier alpha value is -3.92. The summed E-state index contributed by atoms with van der Waals surface area (Å²) in [4.78, 5) is 16.9. The highest BCUT2D eigenvalue weighted by atomic mass is 32.2. The summed E-state index contributed by atoms with van der Waals surface area (Å²) in [5, 5.41) is 24.4. The molecule has 0 radical (unpaired) electrons. The Morgan fingerprint density at radius 3 is 2.54 bits per heavy atom. The number of nitrogens with one attached hydrogen (secondary N) is 3. The SMILES string of the molecule is N=C(CC(NC(=O)Nc1ccc(N2CCCCS2(=O)=O)cc1)c1ccccc1O)c1cccnc1. The number of anilines is 2. The lowest BCUT2D eigenvalue weighted by atomic mass is 9.97. The van der Waals surface area contributed by atoms with E-state index in [0.717, 1.165) is 6.42 Å². The fourth-order valence-corrected chi connectivity index (χ4v) is 5.64. The molecule has 1 aromatic heterocycles. The van der Waals surface area contributed by atoms with E-state index >= 15 is 0 Å². The van der Waals surface area contributed by atoms with Crippen LogP contribution >= 0.6 is 0 Å². The lowest BCUT2D eigenvalue weighted by Gasteiger charge is -2.28. The van der Waals surface area contributed by atoms with E-state index in [1.807, 2.05) is 0 Å². The van der Waals surface area contributed by atoms with E-state index in [1.54, 1.807) is 67.0 Å². The van der Waals surface area contributed by atoms with Crippen LogP contribution in [0.2, 0.25) is 0 Å². The molecule has 2 heterocycles. The Morgan fingerprint density at radius 2 is 1.86 bits per heavy atom. The van der Waals surface area contributed by atoms with Gasteiger partial charge in [-0.25, -0.2) is 13.2 Å². The molecule has 4 N–H and O–H groups in total. The Morgan fingerprint density at radius 1 is 1.09 bits per heavy atom. The van der Waals surface area contributed by atoms with Gasteiger partial charge in [0.15, 0.2) is 0 Å². The zero-order valence-corrected chi connectivity index (χ0v) is 19.8. The van der Waals surface area contributed by atoms with Crippen LogP contribution in [0.15, 0.2) is 73.1 Å². The number of para-hydroxylation sites is 1. The van der Waals surface area contributed by atoms with Crippen LogP contribution < -0.4 is 14.9 Å². The van der Waals surface area contributed by atoms with Gasteiger partial charge in [0.25, 0.3) is 0 Å². The molecule has 182 valence electrons. The van der Waals surface area contributed by atoms with Crippen molar-refractivity contribution in [1.29, 1.82) is 5.41 Å². The van der Waals surface area contributed by atoms with Crippen LogP contribution in [0.4, 0.5) is 16.2 Å². The molecule has 9 nitrogen and oxygen atoms in total. The van der Waals surface area contributed by atoms with Gasteiger partial charge in [-0.05, 0) is 49.2 Å². The molecular weight excluding hydrogens is 466 g/mol. The fraction of sp³-hybridized carbons (Fsp3) is 0.240. The van der Waals surface area contributed by atoms with E-state index in [-0.39, 0.29) is 23.6 Å². The third-order valence-corrected chi connectivity index (χ3v) is 7.67. The minimum atomic E-state index is -3.31. The molecule has 0 spiro atoms. The van der Waals surface area contributed by atoms with Gasteiger partial charge in [-0.15, -0.1) is 0 Å². The molecule has 1 aliphatic heterocycles. The number of amides is 2.